The van der Waals surface area contributed by atoms with Crippen LogP contribution in [-0.2, 0) is 0 Å². The molecule has 0 heterocycles. The standard InChI is InChI=1S/C14H22O/c1-10(2)13(14(3,4)5)11-7-6-8-12(15)9-11/h6-10,13,15H,1-5H3. The summed E-state index contributed by atoms with van der Waals surface area (Å²) in [5, 5.41) is 9.51. The average Bonchev–Trinajstić information content (AvgIpc) is 1.99. The van der Waals surface area contributed by atoms with Gasteiger partial charge in [-0.2, -0.15) is 0 Å². The number of aromatic hydroxyl groups is 1. The third kappa shape index (κ3) is 2.98. The molecule has 1 unspecified atom stereocenters. The SMILES string of the molecule is CC(C)C(c1cccc(O)c1)C(C)(C)C. The number of phenolic OH excluding ortho intramolecular Hbond substituents is 1. The molecule has 0 aliphatic rings. The van der Waals surface area contributed by atoms with E-state index in [2.05, 4.69) is 40.7 Å². The van der Waals surface area contributed by atoms with Crippen LogP contribution in [0.2, 0.25) is 0 Å². The first kappa shape index (κ1) is 12.1. The second-order valence-electron chi connectivity index (χ2n) is 5.68. The Morgan fingerprint density at radius 1 is 1.13 bits per heavy atom. The summed E-state index contributed by atoms with van der Waals surface area (Å²) in [7, 11) is 0. The molecule has 1 N–H and O–H groups in total. The third-order valence-electron chi connectivity index (χ3n) is 2.83. The summed E-state index contributed by atoms with van der Waals surface area (Å²) in [4.78, 5) is 0. The molecule has 84 valence electrons. The van der Waals surface area contributed by atoms with E-state index in [-0.39, 0.29) is 5.41 Å². The first-order valence-corrected chi connectivity index (χ1v) is 5.61. The van der Waals surface area contributed by atoms with Gasteiger partial charge in [0, 0.05) is 0 Å². The number of rotatable bonds is 2. The second-order valence-corrected chi connectivity index (χ2v) is 5.68. The van der Waals surface area contributed by atoms with E-state index in [1.54, 1.807) is 6.07 Å². The maximum atomic E-state index is 9.51. The molecule has 0 fully saturated rings. The van der Waals surface area contributed by atoms with Crippen molar-refractivity contribution >= 4 is 0 Å². The maximum Gasteiger partial charge on any atom is 0.115 e. The molecular weight excluding hydrogens is 184 g/mol. The Balaban J connectivity index is 3.11. The van der Waals surface area contributed by atoms with Gasteiger partial charge < -0.3 is 5.11 Å². The first-order valence-electron chi connectivity index (χ1n) is 5.61. The Morgan fingerprint density at radius 2 is 1.73 bits per heavy atom. The molecule has 1 rings (SSSR count). The lowest BCUT2D eigenvalue weighted by Gasteiger charge is -2.34. The zero-order valence-electron chi connectivity index (χ0n) is 10.4. The predicted octanol–water partition coefficient (Wildman–Crippen LogP) is 4.18. The molecule has 0 amide bonds. The third-order valence-corrected chi connectivity index (χ3v) is 2.83. The average molecular weight is 206 g/mol. The van der Waals surface area contributed by atoms with Crippen LogP contribution in [0.1, 0.15) is 46.1 Å². The quantitative estimate of drug-likeness (QED) is 0.769. The monoisotopic (exact) mass is 206 g/mol. The van der Waals surface area contributed by atoms with E-state index < -0.39 is 0 Å². The van der Waals surface area contributed by atoms with Gasteiger partial charge in [-0.05, 0) is 34.9 Å². The van der Waals surface area contributed by atoms with Gasteiger partial charge in [-0.25, -0.2) is 0 Å². The van der Waals surface area contributed by atoms with E-state index in [4.69, 9.17) is 0 Å². The Bertz CT molecular complexity index is 320. The van der Waals surface area contributed by atoms with Gasteiger partial charge in [0.15, 0.2) is 0 Å². The molecule has 1 aromatic carbocycles. The molecule has 1 nitrogen and oxygen atoms in total. The second kappa shape index (κ2) is 4.26. The fourth-order valence-electron chi connectivity index (χ4n) is 2.60. The minimum Gasteiger partial charge on any atom is -0.508 e. The van der Waals surface area contributed by atoms with Gasteiger partial charge >= 0.3 is 0 Å². The fourth-order valence-corrected chi connectivity index (χ4v) is 2.60. The highest BCUT2D eigenvalue weighted by atomic mass is 16.3. The smallest absolute Gasteiger partial charge is 0.115 e. The van der Waals surface area contributed by atoms with Gasteiger partial charge in [-0.3, -0.25) is 0 Å². The van der Waals surface area contributed by atoms with Crippen LogP contribution in [0.4, 0.5) is 0 Å². The van der Waals surface area contributed by atoms with E-state index in [0.717, 1.165) is 0 Å². The topological polar surface area (TPSA) is 20.2 Å². The molecule has 0 saturated carbocycles. The maximum absolute atomic E-state index is 9.51. The van der Waals surface area contributed by atoms with Gasteiger partial charge in [0.1, 0.15) is 5.75 Å². The summed E-state index contributed by atoms with van der Waals surface area (Å²) in [6.45, 7) is 11.2. The summed E-state index contributed by atoms with van der Waals surface area (Å²) in [5.74, 6) is 1.42. The van der Waals surface area contributed by atoms with Crippen molar-refractivity contribution in [2.24, 2.45) is 11.3 Å². The minimum atomic E-state index is 0.224. The molecule has 0 radical (unpaired) electrons. The molecular formula is C14H22O. The molecule has 0 aliphatic carbocycles. The summed E-state index contributed by atoms with van der Waals surface area (Å²) in [5.41, 5.74) is 1.46. The van der Waals surface area contributed by atoms with Crippen molar-refractivity contribution in [3.05, 3.63) is 29.8 Å². The zero-order valence-corrected chi connectivity index (χ0v) is 10.4. The first-order chi connectivity index (χ1) is 6.82. The molecule has 15 heavy (non-hydrogen) atoms. The van der Waals surface area contributed by atoms with E-state index >= 15 is 0 Å². The van der Waals surface area contributed by atoms with E-state index in [1.807, 2.05) is 12.1 Å². The van der Waals surface area contributed by atoms with E-state index in [0.29, 0.717) is 17.6 Å². The van der Waals surface area contributed by atoms with Gasteiger partial charge in [0.25, 0.3) is 0 Å². The van der Waals surface area contributed by atoms with Crippen LogP contribution in [0.5, 0.6) is 5.75 Å². The van der Waals surface area contributed by atoms with E-state index in [1.165, 1.54) is 5.56 Å². The van der Waals surface area contributed by atoms with Crippen LogP contribution in [-0.4, -0.2) is 5.11 Å². The number of phenols is 1. The van der Waals surface area contributed by atoms with Crippen LogP contribution in [0.15, 0.2) is 24.3 Å². The normalized spacial score (nSPS) is 14.3. The van der Waals surface area contributed by atoms with Crippen LogP contribution in [0.3, 0.4) is 0 Å². The highest BCUT2D eigenvalue weighted by Crippen LogP contribution is 2.41. The summed E-state index contributed by atoms with van der Waals surface area (Å²) in [6.07, 6.45) is 0. The molecule has 1 aromatic rings. The molecule has 0 spiro atoms. The van der Waals surface area contributed by atoms with Gasteiger partial charge in [-0.1, -0.05) is 46.8 Å². The molecule has 0 aromatic heterocycles. The van der Waals surface area contributed by atoms with Crippen LogP contribution in [0, 0.1) is 11.3 Å². The molecule has 0 aliphatic heterocycles. The molecule has 0 bridgehead atoms. The van der Waals surface area contributed by atoms with Crippen molar-refractivity contribution in [2.45, 2.75) is 40.5 Å². The summed E-state index contributed by atoms with van der Waals surface area (Å²) < 4.78 is 0. The van der Waals surface area contributed by atoms with Crippen molar-refractivity contribution in [3.63, 3.8) is 0 Å². The Kier molecular flexibility index (Phi) is 3.43. The fraction of sp³-hybridized carbons (Fsp3) is 0.571. The lowest BCUT2D eigenvalue weighted by Crippen LogP contribution is -2.23. The number of benzene rings is 1. The van der Waals surface area contributed by atoms with Crippen molar-refractivity contribution in [2.75, 3.05) is 0 Å². The molecule has 1 heteroatoms. The van der Waals surface area contributed by atoms with Crippen LogP contribution < -0.4 is 0 Å². The van der Waals surface area contributed by atoms with Crippen molar-refractivity contribution in [3.8, 4) is 5.75 Å². The van der Waals surface area contributed by atoms with Crippen molar-refractivity contribution in [1.82, 2.24) is 0 Å². The largest absolute Gasteiger partial charge is 0.508 e. The van der Waals surface area contributed by atoms with Gasteiger partial charge in [0.2, 0.25) is 0 Å². The lowest BCUT2D eigenvalue weighted by molar-refractivity contribution is 0.258. The predicted molar refractivity (Wildman–Crippen MR) is 65.1 cm³/mol. The number of hydrogen-bond acceptors (Lipinski definition) is 1. The summed E-state index contributed by atoms with van der Waals surface area (Å²) >= 11 is 0. The van der Waals surface area contributed by atoms with Crippen LogP contribution in [0.25, 0.3) is 0 Å². The minimum absolute atomic E-state index is 0.224. The zero-order chi connectivity index (χ0) is 11.6. The van der Waals surface area contributed by atoms with Gasteiger partial charge in [-0.15, -0.1) is 0 Å². The Labute approximate surface area is 93.1 Å². The number of hydrogen-bond donors (Lipinski definition) is 1. The Hall–Kier alpha value is -0.980. The highest BCUT2D eigenvalue weighted by Gasteiger charge is 2.28. The molecule has 0 saturated heterocycles. The van der Waals surface area contributed by atoms with Crippen molar-refractivity contribution in [1.29, 1.82) is 0 Å². The van der Waals surface area contributed by atoms with E-state index in [9.17, 15) is 5.11 Å². The highest BCUT2D eigenvalue weighted by molar-refractivity contribution is 5.31. The van der Waals surface area contributed by atoms with Crippen LogP contribution >= 0.6 is 0 Å². The van der Waals surface area contributed by atoms with Crippen molar-refractivity contribution < 1.29 is 5.11 Å². The Morgan fingerprint density at radius 3 is 2.13 bits per heavy atom. The summed E-state index contributed by atoms with van der Waals surface area (Å²) in [6, 6.07) is 7.64. The lowest BCUT2D eigenvalue weighted by atomic mass is 9.70. The molecule has 1 atom stereocenters. The van der Waals surface area contributed by atoms with Gasteiger partial charge in [0.05, 0.1) is 0 Å².